The summed E-state index contributed by atoms with van der Waals surface area (Å²) in [5.74, 6) is -0.585. The van der Waals surface area contributed by atoms with Gasteiger partial charge in [0, 0.05) is 22.7 Å². The highest BCUT2D eigenvalue weighted by Gasteiger charge is 2.22. The number of thiophene rings is 1. The average Bonchev–Trinajstić information content (AvgIpc) is 3.24. The van der Waals surface area contributed by atoms with Crippen LogP contribution in [0.2, 0.25) is 0 Å². The lowest BCUT2D eigenvalue weighted by Crippen LogP contribution is -2.37. The van der Waals surface area contributed by atoms with E-state index < -0.39 is 18.5 Å². The number of pyridine rings is 1. The van der Waals surface area contributed by atoms with Crippen LogP contribution in [0.25, 0.3) is 0 Å². The fourth-order valence-corrected chi connectivity index (χ4v) is 3.20. The quantitative estimate of drug-likeness (QED) is 0.347. The fourth-order valence-electron chi connectivity index (χ4n) is 2.51. The van der Waals surface area contributed by atoms with E-state index in [4.69, 9.17) is 9.47 Å². The van der Waals surface area contributed by atoms with Crippen LogP contribution in [0.3, 0.4) is 0 Å². The number of amides is 1. The van der Waals surface area contributed by atoms with Crippen LogP contribution in [-0.2, 0) is 16.1 Å². The van der Waals surface area contributed by atoms with Crippen LogP contribution in [0.4, 0.5) is 5.69 Å². The van der Waals surface area contributed by atoms with Crippen LogP contribution in [-0.4, -0.2) is 25.6 Å². The molecule has 0 atom stereocenters. The molecule has 0 bridgehead atoms. The molecule has 0 aliphatic carbocycles. The normalized spacial score (nSPS) is 10.3. The first-order valence-corrected chi connectivity index (χ1v) is 9.28. The van der Waals surface area contributed by atoms with Gasteiger partial charge in [-0.25, -0.2) is 4.79 Å². The number of rotatable bonds is 7. The Morgan fingerprint density at radius 3 is 2.54 bits per heavy atom. The number of carbonyl (C=O) groups excluding carboxylic acids is 2. The summed E-state index contributed by atoms with van der Waals surface area (Å²) in [6.07, 6.45) is 1.19. The second-order valence-electron chi connectivity index (χ2n) is 5.75. The number of hydrogen-bond acceptors (Lipinski definition) is 6. The first kappa shape index (κ1) is 19.4. The van der Waals surface area contributed by atoms with E-state index in [1.165, 1.54) is 34.6 Å². The molecule has 0 aliphatic heterocycles. The van der Waals surface area contributed by atoms with E-state index in [0.29, 0.717) is 22.7 Å². The third kappa shape index (κ3) is 4.66. The molecule has 0 spiro atoms. The highest BCUT2D eigenvalue weighted by Crippen LogP contribution is 2.23. The number of carbonyl (C=O) groups is 2. The third-order valence-corrected chi connectivity index (χ3v) is 4.80. The summed E-state index contributed by atoms with van der Waals surface area (Å²) in [4.78, 5) is 27.4. The van der Waals surface area contributed by atoms with Gasteiger partial charge in [0.2, 0.25) is 0 Å². The lowest BCUT2D eigenvalue weighted by atomic mass is 10.2. The Hall–Kier alpha value is -3.39. The maximum Gasteiger partial charge on any atom is 0.405 e. The molecule has 2 aromatic heterocycles. The van der Waals surface area contributed by atoms with Crippen molar-refractivity contribution in [1.82, 2.24) is 0 Å². The molecular formula is C20H18N2O5S. The predicted molar refractivity (Wildman–Crippen MR) is 104 cm³/mol. The molecule has 2 heterocycles. The van der Waals surface area contributed by atoms with Crippen LogP contribution in [0, 0.1) is 5.21 Å². The van der Waals surface area contributed by atoms with Gasteiger partial charge in [0.25, 0.3) is 5.91 Å². The first-order chi connectivity index (χ1) is 13.6. The molecule has 0 saturated heterocycles. The topological polar surface area (TPSA) is 82.8 Å². The van der Waals surface area contributed by atoms with E-state index in [9.17, 15) is 14.8 Å². The van der Waals surface area contributed by atoms with Gasteiger partial charge in [-0.3, -0.25) is 4.79 Å². The van der Waals surface area contributed by atoms with E-state index in [0.717, 1.165) is 4.88 Å². The molecule has 144 valence electrons. The van der Waals surface area contributed by atoms with E-state index >= 15 is 0 Å². The molecular weight excluding hydrogens is 380 g/mol. The second-order valence-corrected chi connectivity index (χ2v) is 6.78. The SMILES string of the molecule is COc1ccc(N(Cc2cccs2)C(=O)COC(=O)c2cccc[n+]2[O-])cc1. The zero-order chi connectivity index (χ0) is 19.9. The van der Waals surface area contributed by atoms with Crippen molar-refractivity contribution < 1.29 is 23.8 Å². The molecule has 0 fully saturated rings. The van der Waals surface area contributed by atoms with Crippen LogP contribution in [0.5, 0.6) is 5.75 Å². The summed E-state index contributed by atoms with van der Waals surface area (Å²) in [6, 6.07) is 15.2. The highest BCUT2D eigenvalue weighted by atomic mass is 32.1. The molecule has 0 N–H and O–H groups in total. The number of benzene rings is 1. The number of aromatic nitrogens is 1. The third-order valence-electron chi connectivity index (χ3n) is 3.94. The largest absolute Gasteiger partial charge is 0.618 e. The van der Waals surface area contributed by atoms with Gasteiger partial charge >= 0.3 is 11.7 Å². The van der Waals surface area contributed by atoms with Gasteiger partial charge in [0.1, 0.15) is 5.75 Å². The Labute approximate surface area is 165 Å². The second kappa shape index (κ2) is 9.01. The zero-order valence-electron chi connectivity index (χ0n) is 15.1. The Balaban J connectivity index is 1.74. The van der Waals surface area contributed by atoms with Crippen molar-refractivity contribution in [2.45, 2.75) is 6.54 Å². The van der Waals surface area contributed by atoms with E-state index in [-0.39, 0.29) is 5.69 Å². The number of hydrogen-bond donors (Lipinski definition) is 0. The summed E-state index contributed by atoms with van der Waals surface area (Å²) >= 11 is 1.52. The number of esters is 1. The van der Waals surface area contributed by atoms with Gasteiger partial charge in [-0.2, -0.15) is 4.73 Å². The average molecular weight is 398 g/mol. The standard InChI is InChI=1S/C20H18N2O5S/c1-26-16-9-7-15(8-10-16)21(13-17-5-4-12-28-17)19(23)14-27-20(24)18-6-2-3-11-22(18)25/h2-12H,13-14H2,1H3. The van der Waals surface area contributed by atoms with Crippen molar-refractivity contribution in [3.63, 3.8) is 0 Å². The van der Waals surface area contributed by atoms with Gasteiger partial charge in [0.05, 0.1) is 13.7 Å². The Morgan fingerprint density at radius 2 is 1.89 bits per heavy atom. The minimum absolute atomic E-state index is 0.176. The van der Waals surface area contributed by atoms with Crippen LogP contribution >= 0.6 is 11.3 Å². The van der Waals surface area contributed by atoms with Crippen LogP contribution < -0.4 is 14.4 Å². The molecule has 0 radical (unpaired) electrons. The molecule has 0 aliphatic rings. The van der Waals surface area contributed by atoms with Gasteiger partial charge < -0.3 is 19.6 Å². The molecule has 3 rings (SSSR count). The maximum absolute atomic E-state index is 12.8. The molecule has 1 aromatic carbocycles. The summed E-state index contributed by atoms with van der Waals surface area (Å²) in [7, 11) is 1.56. The number of anilines is 1. The minimum atomic E-state index is -0.852. The van der Waals surface area contributed by atoms with Gasteiger partial charge in [-0.15, -0.1) is 11.3 Å². The Bertz CT molecular complexity index is 941. The number of ether oxygens (including phenoxy) is 2. The first-order valence-electron chi connectivity index (χ1n) is 8.40. The van der Waals surface area contributed by atoms with Crippen molar-refractivity contribution in [2.75, 3.05) is 18.6 Å². The monoisotopic (exact) mass is 398 g/mol. The van der Waals surface area contributed by atoms with Gasteiger partial charge in [-0.1, -0.05) is 6.07 Å². The van der Waals surface area contributed by atoms with Crippen LogP contribution in [0.15, 0.2) is 66.2 Å². The van der Waals surface area contributed by atoms with Gasteiger partial charge in [-0.05, 0) is 41.8 Å². The predicted octanol–water partition coefficient (Wildman–Crippen LogP) is 2.78. The lowest BCUT2D eigenvalue weighted by Gasteiger charge is -2.22. The van der Waals surface area contributed by atoms with Crippen LogP contribution in [0.1, 0.15) is 15.4 Å². The summed E-state index contributed by atoms with van der Waals surface area (Å²) in [5, 5.41) is 13.6. The van der Waals surface area contributed by atoms with Crippen molar-refractivity contribution in [3.05, 3.63) is 82.0 Å². The zero-order valence-corrected chi connectivity index (χ0v) is 15.9. The fraction of sp³-hybridized carbons (Fsp3) is 0.150. The minimum Gasteiger partial charge on any atom is -0.618 e. The number of nitrogens with zero attached hydrogens (tertiary/aromatic N) is 2. The number of methoxy groups -OCH3 is 1. The highest BCUT2D eigenvalue weighted by molar-refractivity contribution is 7.09. The summed E-state index contributed by atoms with van der Waals surface area (Å²) < 4.78 is 10.6. The Morgan fingerprint density at radius 1 is 1.11 bits per heavy atom. The molecule has 8 heteroatoms. The van der Waals surface area contributed by atoms with E-state index in [2.05, 4.69) is 0 Å². The molecule has 7 nitrogen and oxygen atoms in total. The van der Waals surface area contributed by atoms with Crippen molar-refractivity contribution in [3.8, 4) is 5.75 Å². The maximum atomic E-state index is 12.8. The molecule has 1 amide bonds. The molecule has 0 saturated carbocycles. The molecule has 0 unspecified atom stereocenters. The summed E-state index contributed by atoms with van der Waals surface area (Å²) in [6.45, 7) is -0.140. The van der Waals surface area contributed by atoms with E-state index in [1.807, 2.05) is 17.5 Å². The van der Waals surface area contributed by atoms with E-state index in [1.54, 1.807) is 37.4 Å². The molecule has 28 heavy (non-hydrogen) atoms. The van der Waals surface area contributed by atoms with Crippen molar-refractivity contribution in [2.24, 2.45) is 0 Å². The Kier molecular flexibility index (Phi) is 6.23. The smallest absolute Gasteiger partial charge is 0.405 e. The summed E-state index contributed by atoms with van der Waals surface area (Å²) in [5.41, 5.74) is 0.471. The van der Waals surface area contributed by atoms with Crippen molar-refractivity contribution in [1.29, 1.82) is 0 Å². The van der Waals surface area contributed by atoms with Crippen molar-refractivity contribution >= 4 is 28.9 Å². The molecule has 3 aromatic rings. The lowest BCUT2D eigenvalue weighted by molar-refractivity contribution is -0.608. The van der Waals surface area contributed by atoms with Gasteiger partial charge in [0.15, 0.2) is 12.8 Å².